The first-order valence-corrected chi connectivity index (χ1v) is 7.56. The lowest BCUT2D eigenvalue weighted by Gasteiger charge is -2.26. The van der Waals surface area contributed by atoms with Crippen molar-refractivity contribution >= 4 is 17.8 Å². The van der Waals surface area contributed by atoms with E-state index in [2.05, 4.69) is 0 Å². The van der Waals surface area contributed by atoms with Gasteiger partial charge in [-0.15, -0.1) is 4.49 Å². The molecule has 0 atom stereocenters. The molecule has 84 valence electrons. The van der Waals surface area contributed by atoms with Crippen molar-refractivity contribution in [2.24, 2.45) is 11.0 Å². The molecule has 1 aliphatic rings. The Morgan fingerprint density at radius 1 is 1.14 bits per heavy atom. The van der Waals surface area contributed by atoms with E-state index in [4.69, 9.17) is 11.0 Å². The van der Waals surface area contributed by atoms with Gasteiger partial charge < -0.3 is 0 Å². The maximum absolute atomic E-state index is 11.5. The molecular formula is C5H15N4O3PS. The summed E-state index contributed by atoms with van der Waals surface area (Å²) in [5, 5.41) is 0. The first-order chi connectivity index (χ1) is 6.31. The highest BCUT2D eigenvalue weighted by Crippen LogP contribution is 2.22. The molecule has 0 radical (unpaired) electrons. The fourth-order valence-electron chi connectivity index (χ4n) is 1.34. The Labute approximate surface area is 83.5 Å². The lowest BCUT2D eigenvalue weighted by molar-refractivity contribution is 0.345. The molecule has 0 aromatic heterocycles. The Hall–Kier alpha value is 0.0200. The molecule has 0 bridgehead atoms. The predicted molar refractivity (Wildman–Crippen MR) is 53.5 cm³/mol. The van der Waals surface area contributed by atoms with Crippen LogP contribution in [0.25, 0.3) is 0 Å². The number of rotatable bonds is 3. The van der Waals surface area contributed by atoms with E-state index in [1.54, 1.807) is 4.49 Å². The largest absolute Gasteiger partial charge is 0.288 e. The van der Waals surface area contributed by atoms with Gasteiger partial charge in [-0.1, -0.05) is 6.42 Å². The Kier molecular flexibility index (Phi) is 3.68. The molecule has 1 rings (SSSR count). The van der Waals surface area contributed by atoms with Crippen LogP contribution in [0.4, 0.5) is 0 Å². The Morgan fingerprint density at radius 2 is 1.64 bits per heavy atom. The van der Waals surface area contributed by atoms with Crippen LogP contribution >= 0.6 is 7.59 Å². The molecule has 0 unspecified atom stereocenters. The molecule has 9 heteroatoms. The summed E-state index contributed by atoms with van der Waals surface area (Å²) in [4.78, 5) is 0. The highest BCUT2D eigenvalue weighted by atomic mass is 32.2. The smallest absolute Gasteiger partial charge is 0.270 e. The lowest BCUT2D eigenvalue weighted by Crippen LogP contribution is -2.44. The summed E-state index contributed by atoms with van der Waals surface area (Å²) in [6, 6.07) is 0. The normalized spacial score (nSPS) is 21.0. The quantitative estimate of drug-likeness (QED) is 0.567. The average Bonchev–Trinajstić information content (AvgIpc) is 2.01. The molecule has 0 saturated carbocycles. The van der Waals surface area contributed by atoms with E-state index in [9.17, 15) is 13.0 Å². The van der Waals surface area contributed by atoms with Crippen LogP contribution in [0.5, 0.6) is 0 Å². The van der Waals surface area contributed by atoms with Crippen LogP contribution in [0.2, 0.25) is 0 Å². The SMILES string of the molecule is NP(N)(=O)NS(=O)(=O)N1CCCCC1. The van der Waals surface area contributed by atoms with Gasteiger partial charge in [-0.05, 0) is 12.8 Å². The Morgan fingerprint density at radius 3 is 2.07 bits per heavy atom. The van der Waals surface area contributed by atoms with Crippen molar-refractivity contribution in [3.63, 3.8) is 0 Å². The maximum Gasteiger partial charge on any atom is 0.288 e. The summed E-state index contributed by atoms with van der Waals surface area (Å²) in [6.07, 6.45) is 2.62. The summed E-state index contributed by atoms with van der Waals surface area (Å²) < 4.78 is 36.9. The van der Waals surface area contributed by atoms with Crippen LogP contribution in [0.1, 0.15) is 19.3 Å². The minimum absolute atomic E-state index is 0.426. The second-order valence-electron chi connectivity index (χ2n) is 3.27. The van der Waals surface area contributed by atoms with Crippen LogP contribution < -0.4 is 15.5 Å². The van der Waals surface area contributed by atoms with Crippen molar-refractivity contribution in [2.75, 3.05) is 13.1 Å². The van der Waals surface area contributed by atoms with Gasteiger partial charge in [0, 0.05) is 13.1 Å². The number of nitrogens with one attached hydrogen (secondary N) is 1. The zero-order valence-corrected chi connectivity index (χ0v) is 9.43. The molecule has 0 aromatic carbocycles. The fraction of sp³-hybridized carbons (Fsp3) is 1.00. The van der Waals surface area contributed by atoms with Gasteiger partial charge in [0.25, 0.3) is 17.8 Å². The molecule has 14 heavy (non-hydrogen) atoms. The van der Waals surface area contributed by atoms with Gasteiger partial charge in [0.2, 0.25) is 0 Å². The van der Waals surface area contributed by atoms with Crippen molar-refractivity contribution in [1.29, 1.82) is 0 Å². The third-order valence-electron chi connectivity index (χ3n) is 1.91. The van der Waals surface area contributed by atoms with E-state index in [-0.39, 0.29) is 0 Å². The number of hydrogen-bond acceptors (Lipinski definition) is 3. The van der Waals surface area contributed by atoms with Gasteiger partial charge in [-0.2, -0.15) is 12.7 Å². The molecule has 0 spiro atoms. The van der Waals surface area contributed by atoms with Crippen LogP contribution in [0, 0.1) is 0 Å². The lowest BCUT2D eigenvalue weighted by atomic mass is 10.2. The zero-order chi connectivity index (χ0) is 10.8. The van der Waals surface area contributed by atoms with Crippen LogP contribution in [0.15, 0.2) is 0 Å². The monoisotopic (exact) mass is 242 g/mol. The highest BCUT2D eigenvalue weighted by Gasteiger charge is 2.28. The van der Waals surface area contributed by atoms with Gasteiger partial charge in [-0.3, -0.25) is 15.6 Å². The predicted octanol–water partition coefficient (Wildman–Crippen LogP) is -0.668. The van der Waals surface area contributed by atoms with Crippen molar-refractivity contribution in [1.82, 2.24) is 8.80 Å². The van der Waals surface area contributed by atoms with Crippen molar-refractivity contribution in [3.05, 3.63) is 0 Å². The summed E-state index contributed by atoms with van der Waals surface area (Å²) in [5.74, 6) is 0. The highest BCUT2D eigenvalue weighted by molar-refractivity contribution is 7.93. The summed E-state index contributed by atoms with van der Waals surface area (Å²) >= 11 is 0. The number of hydrogen-bond donors (Lipinski definition) is 3. The Balaban J connectivity index is 2.69. The first-order valence-electron chi connectivity index (χ1n) is 4.28. The average molecular weight is 242 g/mol. The molecule has 0 aliphatic carbocycles. The van der Waals surface area contributed by atoms with E-state index in [1.165, 1.54) is 4.31 Å². The zero-order valence-electron chi connectivity index (χ0n) is 7.72. The maximum atomic E-state index is 11.5. The summed E-state index contributed by atoms with van der Waals surface area (Å²) in [5.41, 5.74) is 9.89. The van der Waals surface area contributed by atoms with Crippen molar-refractivity contribution in [2.45, 2.75) is 19.3 Å². The second kappa shape index (κ2) is 4.26. The van der Waals surface area contributed by atoms with Gasteiger partial charge >= 0.3 is 0 Å². The molecule has 7 nitrogen and oxygen atoms in total. The van der Waals surface area contributed by atoms with Gasteiger partial charge in [-0.25, -0.2) is 0 Å². The topological polar surface area (TPSA) is 119 Å². The van der Waals surface area contributed by atoms with Crippen LogP contribution in [-0.2, 0) is 14.8 Å². The molecule has 1 aliphatic heterocycles. The van der Waals surface area contributed by atoms with Crippen LogP contribution in [0.3, 0.4) is 0 Å². The molecule has 1 fully saturated rings. The van der Waals surface area contributed by atoms with Crippen molar-refractivity contribution in [3.8, 4) is 0 Å². The molecule has 0 amide bonds. The Bertz CT molecular complexity index is 331. The van der Waals surface area contributed by atoms with E-state index >= 15 is 0 Å². The third-order valence-corrected chi connectivity index (χ3v) is 5.02. The van der Waals surface area contributed by atoms with E-state index in [1.807, 2.05) is 0 Å². The molecule has 1 heterocycles. The number of nitrogens with zero attached hydrogens (tertiary/aromatic N) is 1. The molecule has 0 aromatic rings. The van der Waals surface area contributed by atoms with Gasteiger partial charge in [0.15, 0.2) is 0 Å². The minimum Gasteiger partial charge on any atom is -0.270 e. The minimum atomic E-state index is -3.77. The van der Waals surface area contributed by atoms with Gasteiger partial charge in [0.1, 0.15) is 0 Å². The molecule has 1 saturated heterocycles. The number of nitrogens with two attached hydrogens (primary N) is 2. The van der Waals surface area contributed by atoms with E-state index in [0.717, 1.165) is 19.3 Å². The van der Waals surface area contributed by atoms with Gasteiger partial charge in [0.05, 0.1) is 0 Å². The first kappa shape index (κ1) is 12.1. The second-order valence-corrected chi connectivity index (χ2v) is 6.88. The van der Waals surface area contributed by atoms with E-state index in [0.29, 0.717) is 13.1 Å². The summed E-state index contributed by atoms with van der Waals surface area (Å²) in [6.45, 7) is 0.852. The molecular weight excluding hydrogens is 227 g/mol. The van der Waals surface area contributed by atoms with Crippen LogP contribution in [-0.4, -0.2) is 25.8 Å². The molecule has 5 N–H and O–H groups in total. The third kappa shape index (κ3) is 3.64. The number of piperidine rings is 1. The van der Waals surface area contributed by atoms with Crippen molar-refractivity contribution < 1.29 is 13.0 Å². The standard InChI is InChI=1S/C5H15N4O3PS/c6-13(7,10)8-14(11,12)9-4-2-1-3-5-9/h1-5H2,(H5,6,7,8,10). The summed E-state index contributed by atoms with van der Waals surface area (Å²) in [7, 11) is -7.50. The van der Waals surface area contributed by atoms with E-state index < -0.39 is 17.8 Å². The fourth-order valence-corrected chi connectivity index (χ4v) is 3.99.